The fourth-order valence-corrected chi connectivity index (χ4v) is 3.08. The second-order valence-electron chi connectivity index (χ2n) is 6.76. The Balaban J connectivity index is 2.24. The second-order valence-corrected chi connectivity index (χ2v) is 6.76. The van der Waals surface area contributed by atoms with Crippen LogP contribution in [-0.2, 0) is 17.6 Å². The van der Waals surface area contributed by atoms with Crippen molar-refractivity contribution in [2.24, 2.45) is 0 Å². The van der Waals surface area contributed by atoms with Crippen LogP contribution in [0.1, 0.15) is 64.1 Å². The van der Waals surface area contributed by atoms with E-state index in [9.17, 15) is 4.79 Å². The summed E-state index contributed by atoms with van der Waals surface area (Å²) in [6.07, 6.45) is 7.43. The molecule has 6 nitrogen and oxygen atoms in total. The molecule has 0 aliphatic heterocycles. The molecule has 1 atom stereocenters. The van der Waals surface area contributed by atoms with Gasteiger partial charge in [0.25, 0.3) is 0 Å². The molecule has 1 amide bonds. The van der Waals surface area contributed by atoms with Gasteiger partial charge in [0.05, 0.1) is 11.2 Å². The first-order chi connectivity index (χ1) is 10.9. The van der Waals surface area contributed by atoms with E-state index in [2.05, 4.69) is 34.4 Å². The average Bonchev–Trinajstić information content (AvgIpc) is 2.51. The molecule has 2 rings (SSSR count). The highest BCUT2D eigenvalue weighted by Gasteiger charge is 2.27. The maximum absolute atomic E-state index is 11.3. The molecule has 6 heteroatoms. The number of nitrogen functional groups attached to an aromatic ring is 1. The summed E-state index contributed by atoms with van der Waals surface area (Å²) < 4.78 is 0. The van der Waals surface area contributed by atoms with Gasteiger partial charge >= 0.3 is 0 Å². The number of rotatable bonds is 7. The number of carbonyl (C=O) groups is 1. The standard InChI is InChI=1S/C17H29N5O/c1-4-5-10-17(3,11-19-12(2)23)22-15-13-8-6-7-9-14(13)20-16(18)21-15/h4-11H2,1-3H3,(H,19,23)(H3,18,20,21,22). The highest BCUT2D eigenvalue weighted by atomic mass is 16.1. The molecule has 0 saturated heterocycles. The van der Waals surface area contributed by atoms with Gasteiger partial charge in [0.1, 0.15) is 5.82 Å². The third-order valence-corrected chi connectivity index (χ3v) is 4.43. The van der Waals surface area contributed by atoms with Crippen molar-refractivity contribution in [3.63, 3.8) is 0 Å². The van der Waals surface area contributed by atoms with E-state index in [0.29, 0.717) is 12.5 Å². The fourth-order valence-electron chi connectivity index (χ4n) is 3.08. The third-order valence-electron chi connectivity index (χ3n) is 4.43. The molecule has 1 aromatic heterocycles. The van der Waals surface area contributed by atoms with Crippen molar-refractivity contribution in [3.05, 3.63) is 11.3 Å². The summed E-state index contributed by atoms with van der Waals surface area (Å²) in [7, 11) is 0. The van der Waals surface area contributed by atoms with Crippen LogP contribution in [0.3, 0.4) is 0 Å². The molecule has 23 heavy (non-hydrogen) atoms. The van der Waals surface area contributed by atoms with Crippen LogP contribution in [0.15, 0.2) is 0 Å². The van der Waals surface area contributed by atoms with Crippen molar-refractivity contribution >= 4 is 17.7 Å². The summed E-state index contributed by atoms with van der Waals surface area (Å²) >= 11 is 0. The minimum atomic E-state index is -0.242. The van der Waals surface area contributed by atoms with E-state index in [1.807, 2.05) is 0 Å². The van der Waals surface area contributed by atoms with Crippen molar-refractivity contribution in [1.82, 2.24) is 15.3 Å². The van der Waals surface area contributed by atoms with Gasteiger partial charge in [0.15, 0.2) is 0 Å². The summed E-state index contributed by atoms with van der Waals surface area (Å²) in [5.74, 6) is 1.15. The topological polar surface area (TPSA) is 92.9 Å². The zero-order chi connectivity index (χ0) is 16.9. The molecule has 1 heterocycles. The Morgan fingerprint density at radius 3 is 2.74 bits per heavy atom. The van der Waals surface area contributed by atoms with E-state index in [-0.39, 0.29) is 11.4 Å². The predicted octanol–water partition coefficient (Wildman–Crippen LogP) is 2.43. The lowest BCUT2D eigenvalue weighted by Crippen LogP contribution is -2.46. The average molecular weight is 319 g/mol. The molecular formula is C17H29N5O. The molecule has 0 fully saturated rings. The monoisotopic (exact) mass is 319 g/mol. The summed E-state index contributed by atoms with van der Waals surface area (Å²) in [4.78, 5) is 20.2. The zero-order valence-corrected chi connectivity index (χ0v) is 14.5. The van der Waals surface area contributed by atoms with E-state index in [0.717, 1.165) is 56.5 Å². The molecule has 0 saturated carbocycles. The van der Waals surface area contributed by atoms with Gasteiger partial charge in [0.2, 0.25) is 11.9 Å². The van der Waals surface area contributed by atoms with E-state index in [1.54, 1.807) is 6.92 Å². The highest BCUT2D eigenvalue weighted by molar-refractivity contribution is 5.73. The van der Waals surface area contributed by atoms with Gasteiger partial charge in [-0.25, -0.2) is 4.98 Å². The van der Waals surface area contributed by atoms with Gasteiger partial charge in [-0.2, -0.15) is 4.98 Å². The molecule has 0 aromatic carbocycles. The van der Waals surface area contributed by atoms with Crippen LogP contribution in [-0.4, -0.2) is 28.0 Å². The van der Waals surface area contributed by atoms with Gasteiger partial charge in [-0.05, 0) is 39.0 Å². The first-order valence-corrected chi connectivity index (χ1v) is 8.61. The summed E-state index contributed by atoms with van der Waals surface area (Å²) in [6, 6.07) is 0. The summed E-state index contributed by atoms with van der Waals surface area (Å²) in [6.45, 7) is 6.42. The number of unbranched alkanes of at least 4 members (excludes halogenated alkanes) is 1. The number of hydrogen-bond acceptors (Lipinski definition) is 5. The van der Waals surface area contributed by atoms with E-state index >= 15 is 0 Å². The van der Waals surface area contributed by atoms with Crippen molar-refractivity contribution < 1.29 is 4.79 Å². The molecular weight excluding hydrogens is 290 g/mol. The predicted molar refractivity (Wildman–Crippen MR) is 93.3 cm³/mol. The molecule has 0 spiro atoms. The number of aromatic nitrogens is 2. The van der Waals surface area contributed by atoms with Gasteiger partial charge in [-0.1, -0.05) is 19.8 Å². The normalized spacial score (nSPS) is 16.3. The lowest BCUT2D eigenvalue weighted by Gasteiger charge is -2.33. The van der Waals surface area contributed by atoms with Gasteiger partial charge in [-0.3, -0.25) is 4.79 Å². The third kappa shape index (κ3) is 4.81. The molecule has 1 aliphatic carbocycles. The molecule has 1 unspecified atom stereocenters. The zero-order valence-electron chi connectivity index (χ0n) is 14.5. The largest absolute Gasteiger partial charge is 0.368 e. The minimum Gasteiger partial charge on any atom is -0.368 e. The van der Waals surface area contributed by atoms with Gasteiger partial charge in [-0.15, -0.1) is 0 Å². The molecule has 4 N–H and O–H groups in total. The van der Waals surface area contributed by atoms with Crippen molar-refractivity contribution in [2.75, 3.05) is 17.6 Å². The molecule has 0 radical (unpaired) electrons. The first kappa shape index (κ1) is 17.5. The van der Waals surface area contributed by atoms with E-state index in [4.69, 9.17) is 5.73 Å². The molecule has 1 aliphatic rings. The number of nitrogens with zero attached hydrogens (tertiary/aromatic N) is 2. The lowest BCUT2D eigenvalue weighted by molar-refractivity contribution is -0.119. The molecule has 1 aromatic rings. The number of amides is 1. The van der Waals surface area contributed by atoms with E-state index < -0.39 is 0 Å². The lowest BCUT2D eigenvalue weighted by atomic mass is 9.92. The van der Waals surface area contributed by atoms with Gasteiger partial charge in [0, 0.05) is 19.0 Å². The number of carbonyl (C=O) groups excluding carboxylic acids is 1. The van der Waals surface area contributed by atoms with E-state index in [1.165, 1.54) is 5.56 Å². The van der Waals surface area contributed by atoms with Crippen LogP contribution in [0.5, 0.6) is 0 Å². The minimum absolute atomic E-state index is 0.0150. The Hall–Kier alpha value is -1.85. The number of fused-ring (bicyclic) bond motifs is 1. The Labute approximate surface area is 138 Å². The number of anilines is 2. The Kier molecular flexibility index (Phi) is 5.80. The van der Waals surface area contributed by atoms with Crippen molar-refractivity contribution in [3.8, 4) is 0 Å². The summed E-state index contributed by atoms with van der Waals surface area (Å²) in [5.41, 5.74) is 7.91. The van der Waals surface area contributed by atoms with Crippen LogP contribution in [0.25, 0.3) is 0 Å². The number of nitrogens with one attached hydrogen (secondary N) is 2. The van der Waals surface area contributed by atoms with Gasteiger partial charge < -0.3 is 16.4 Å². The van der Waals surface area contributed by atoms with Crippen LogP contribution >= 0.6 is 0 Å². The van der Waals surface area contributed by atoms with Crippen molar-refractivity contribution in [2.45, 2.75) is 71.3 Å². The van der Waals surface area contributed by atoms with Crippen LogP contribution in [0.2, 0.25) is 0 Å². The Morgan fingerprint density at radius 2 is 2.04 bits per heavy atom. The maximum atomic E-state index is 11.3. The number of aryl methyl sites for hydroxylation is 1. The number of hydrogen-bond donors (Lipinski definition) is 3. The van der Waals surface area contributed by atoms with Crippen LogP contribution in [0.4, 0.5) is 11.8 Å². The summed E-state index contributed by atoms with van der Waals surface area (Å²) in [5, 5.41) is 6.50. The quantitative estimate of drug-likeness (QED) is 0.718. The Morgan fingerprint density at radius 1 is 1.30 bits per heavy atom. The van der Waals surface area contributed by atoms with Crippen LogP contribution < -0.4 is 16.4 Å². The molecule has 0 bridgehead atoms. The van der Waals surface area contributed by atoms with Crippen LogP contribution in [0, 0.1) is 0 Å². The Bertz CT molecular complexity index is 560. The smallest absolute Gasteiger partial charge is 0.222 e. The second kappa shape index (κ2) is 7.62. The first-order valence-electron chi connectivity index (χ1n) is 8.61. The molecule has 128 valence electrons. The van der Waals surface area contributed by atoms with Crippen molar-refractivity contribution in [1.29, 1.82) is 0 Å². The number of nitrogens with two attached hydrogens (primary N) is 1. The highest BCUT2D eigenvalue weighted by Crippen LogP contribution is 2.29. The fraction of sp³-hybridized carbons (Fsp3) is 0.706. The SMILES string of the molecule is CCCCC(C)(CNC(C)=O)Nc1nc(N)nc2c1CCCC2. The maximum Gasteiger partial charge on any atom is 0.222 e.